The maximum Gasteiger partial charge on any atom is 0.435 e. The fourth-order valence-corrected chi connectivity index (χ4v) is 4.65. The van der Waals surface area contributed by atoms with Crippen molar-refractivity contribution in [1.29, 1.82) is 0 Å². The van der Waals surface area contributed by atoms with Gasteiger partial charge in [0, 0.05) is 23.5 Å². The summed E-state index contributed by atoms with van der Waals surface area (Å²) in [6.07, 6.45) is -4.90. The lowest BCUT2D eigenvalue weighted by molar-refractivity contribution is -0.141. The molecule has 13 heteroatoms. The number of nitrogens with one attached hydrogen (secondary N) is 1. The van der Waals surface area contributed by atoms with Crippen LogP contribution >= 0.6 is 0 Å². The Kier molecular flexibility index (Phi) is 9.02. The molecule has 0 bridgehead atoms. The highest BCUT2D eigenvalue weighted by Gasteiger charge is 2.35. The second kappa shape index (κ2) is 12.3. The van der Waals surface area contributed by atoms with Crippen molar-refractivity contribution in [1.82, 2.24) is 20.1 Å². The van der Waals surface area contributed by atoms with Gasteiger partial charge in [0.2, 0.25) is 0 Å². The molecule has 0 aliphatic carbocycles. The van der Waals surface area contributed by atoms with E-state index in [0.29, 0.717) is 17.2 Å². The van der Waals surface area contributed by atoms with Crippen molar-refractivity contribution in [3.8, 4) is 11.1 Å². The fourth-order valence-electron chi connectivity index (χ4n) is 4.65. The number of rotatable bonds is 10. The Balaban J connectivity index is 1.74. The summed E-state index contributed by atoms with van der Waals surface area (Å²) in [5, 5.41) is 17.5. The third kappa shape index (κ3) is 7.15. The predicted octanol–water partition coefficient (Wildman–Crippen LogP) is 5.50. The minimum atomic E-state index is -4.70. The van der Waals surface area contributed by atoms with Crippen LogP contribution in [0.25, 0.3) is 11.1 Å². The summed E-state index contributed by atoms with van der Waals surface area (Å²) < 4.78 is 83.4. The van der Waals surface area contributed by atoms with Crippen molar-refractivity contribution >= 4 is 5.91 Å². The molecule has 0 aliphatic heterocycles. The van der Waals surface area contributed by atoms with Gasteiger partial charge in [0.05, 0.1) is 23.8 Å². The number of hydrogen-bond acceptors (Lipinski definition) is 5. The number of carbonyl (C=O) groups excluding carboxylic acids is 1. The first-order valence-corrected chi connectivity index (χ1v) is 12.8. The van der Waals surface area contributed by atoms with Gasteiger partial charge >= 0.3 is 6.18 Å². The molecule has 4 rings (SSSR count). The van der Waals surface area contributed by atoms with E-state index in [9.17, 15) is 36.2 Å². The van der Waals surface area contributed by atoms with Crippen molar-refractivity contribution in [2.75, 3.05) is 0 Å². The maximum atomic E-state index is 14.2. The molecular formula is C29H27F6N5O2. The van der Waals surface area contributed by atoms with Crippen molar-refractivity contribution in [3.05, 3.63) is 106 Å². The van der Waals surface area contributed by atoms with Crippen LogP contribution in [0.5, 0.6) is 0 Å². The van der Waals surface area contributed by atoms with Gasteiger partial charge in [-0.15, -0.1) is 0 Å². The highest BCUT2D eigenvalue weighted by Crippen LogP contribution is 2.32. The largest absolute Gasteiger partial charge is 0.435 e. The quantitative estimate of drug-likeness (QED) is 0.167. The first-order valence-electron chi connectivity index (χ1n) is 12.8. The first-order chi connectivity index (χ1) is 19.7. The smallest absolute Gasteiger partial charge is 0.377 e. The van der Waals surface area contributed by atoms with Gasteiger partial charge in [0.1, 0.15) is 23.7 Å². The Morgan fingerprint density at radius 3 is 2.36 bits per heavy atom. The fraction of sp³-hybridized carbons (Fsp3) is 0.276. The third-order valence-corrected chi connectivity index (χ3v) is 6.51. The van der Waals surface area contributed by atoms with E-state index in [-0.39, 0.29) is 34.9 Å². The summed E-state index contributed by atoms with van der Waals surface area (Å²) in [5.41, 5.74) is 5.19. The monoisotopic (exact) mass is 591 g/mol. The van der Waals surface area contributed by atoms with Crippen LogP contribution in [0.2, 0.25) is 0 Å². The Hall–Kier alpha value is -4.23. The molecule has 7 nitrogen and oxygen atoms in total. The number of aromatic nitrogens is 3. The van der Waals surface area contributed by atoms with Crippen molar-refractivity contribution in [2.45, 2.75) is 51.2 Å². The summed E-state index contributed by atoms with van der Waals surface area (Å²) in [7, 11) is 0. The van der Waals surface area contributed by atoms with Crippen LogP contribution in [0.4, 0.5) is 26.3 Å². The van der Waals surface area contributed by atoms with Gasteiger partial charge in [0.25, 0.3) is 5.91 Å². The number of nitrogens with two attached hydrogens (primary N) is 1. The van der Waals surface area contributed by atoms with Crippen LogP contribution in [-0.2, 0) is 19.1 Å². The summed E-state index contributed by atoms with van der Waals surface area (Å²) in [4.78, 5) is 16.2. The molecule has 222 valence electrons. The van der Waals surface area contributed by atoms with Gasteiger partial charge in [-0.25, -0.2) is 13.2 Å². The minimum absolute atomic E-state index is 0.121. The predicted molar refractivity (Wildman–Crippen MR) is 141 cm³/mol. The normalized spacial score (nSPS) is 13.4. The van der Waals surface area contributed by atoms with Crippen LogP contribution in [0.1, 0.15) is 58.8 Å². The minimum Gasteiger partial charge on any atom is -0.377 e. The average Bonchev–Trinajstić information content (AvgIpc) is 3.32. The number of aliphatic hydroxyl groups is 1. The Morgan fingerprint density at radius 2 is 1.74 bits per heavy atom. The van der Waals surface area contributed by atoms with Gasteiger partial charge in [0.15, 0.2) is 5.69 Å². The van der Waals surface area contributed by atoms with Crippen molar-refractivity contribution in [3.63, 3.8) is 0 Å². The second-order valence-electron chi connectivity index (χ2n) is 10.0. The number of pyridine rings is 1. The molecule has 1 unspecified atom stereocenters. The van der Waals surface area contributed by atoms with Gasteiger partial charge in [-0.05, 0) is 59.9 Å². The Bertz CT molecular complexity index is 1570. The van der Waals surface area contributed by atoms with E-state index in [0.717, 1.165) is 28.9 Å². The molecular weight excluding hydrogens is 564 g/mol. The molecule has 4 N–H and O–H groups in total. The van der Waals surface area contributed by atoms with Crippen LogP contribution < -0.4 is 11.1 Å². The molecule has 2 atom stereocenters. The zero-order valence-corrected chi connectivity index (χ0v) is 22.5. The molecule has 2 aromatic heterocycles. The van der Waals surface area contributed by atoms with Crippen molar-refractivity contribution < 1.29 is 36.2 Å². The Morgan fingerprint density at radius 1 is 1.05 bits per heavy atom. The van der Waals surface area contributed by atoms with E-state index in [1.54, 1.807) is 26.0 Å². The van der Waals surface area contributed by atoms with E-state index in [2.05, 4.69) is 15.4 Å². The number of primary amides is 1. The van der Waals surface area contributed by atoms with E-state index in [1.165, 1.54) is 18.3 Å². The molecule has 2 aromatic carbocycles. The molecule has 0 saturated heterocycles. The van der Waals surface area contributed by atoms with Crippen LogP contribution in [0.15, 0.2) is 60.8 Å². The molecule has 0 radical (unpaired) electrons. The van der Waals surface area contributed by atoms with E-state index < -0.39 is 54.0 Å². The lowest BCUT2D eigenvalue weighted by Gasteiger charge is -2.25. The molecule has 0 fully saturated rings. The number of aliphatic hydroxyl groups excluding tert-OH is 1. The lowest BCUT2D eigenvalue weighted by atomic mass is 9.94. The van der Waals surface area contributed by atoms with E-state index in [4.69, 9.17) is 5.73 Å². The number of amides is 1. The first kappa shape index (κ1) is 30.7. The van der Waals surface area contributed by atoms with Gasteiger partial charge < -0.3 is 10.8 Å². The van der Waals surface area contributed by atoms with E-state index >= 15 is 0 Å². The highest BCUT2D eigenvalue weighted by molar-refractivity contribution is 5.94. The van der Waals surface area contributed by atoms with Crippen LogP contribution in [0.3, 0.4) is 0 Å². The third-order valence-electron chi connectivity index (χ3n) is 6.51. The molecule has 0 spiro atoms. The summed E-state index contributed by atoms with van der Waals surface area (Å²) in [5.74, 6) is -3.87. The number of hydrogen-bond donors (Lipinski definition) is 3. The number of nitrogens with zero attached hydrogens (tertiary/aromatic N) is 3. The molecule has 0 saturated carbocycles. The molecule has 2 heterocycles. The highest BCUT2D eigenvalue weighted by atomic mass is 19.4. The number of halogens is 6. The Labute approximate surface area is 237 Å². The number of benzene rings is 2. The zero-order valence-electron chi connectivity index (χ0n) is 22.5. The number of alkyl halides is 3. The molecule has 0 aliphatic rings. The number of carbonyl (C=O) groups is 1. The molecule has 4 aromatic rings. The zero-order chi connectivity index (χ0) is 30.8. The van der Waals surface area contributed by atoms with E-state index in [1.807, 2.05) is 0 Å². The topological polar surface area (TPSA) is 106 Å². The average molecular weight is 592 g/mol. The summed E-state index contributed by atoms with van der Waals surface area (Å²) in [6, 6.07) is 9.65. The van der Waals surface area contributed by atoms with Crippen LogP contribution in [0, 0.1) is 17.5 Å². The van der Waals surface area contributed by atoms with Gasteiger partial charge in [-0.3, -0.25) is 19.8 Å². The SMILES string of the molecule is CC(C)c1cc(C(F)(F)F)nn1CC(O)N[C@@H](Cc1cc(F)cc(F)c1)c1ncccc1-c1ccc(F)c(C(N)=O)c1. The summed E-state index contributed by atoms with van der Waals surface area (Å²) in [6.45, 7) is 2.96. The molecule has 1 amide bonds. The maximum absolute atomic E-state index is 14.2. The lowest BCUT2D eigenvalue weighted by Crippen LogP contribution is -2.38. The van der Waals surface area contributed by atoms with Gasteiger partial charge in [-0.2, -0.15) is 18.3 Å². The van der Waals surface area contributed by atoms with Crippen molar-refractivity contribution in [2.24, 2.45) is 5.73 Å². The van der Waals surface area contributed by atoms with Gasteiger partial charge in [-0.1, -0.05) is 26.0 Å². The second-order valence-corrected chi connectivity index (χ2v) is 10.0. The standard InChI is InChI=1S/C29H27F6N5O2/c1-15(2)24-13-25(29(33,34)35)39-40(24)14-26(41)38-23(10-16-8-18(30)12-19(31)9-16)27-20(4-3-7-37-27)17-5-6-22(32)21(11-17)28(36)42/h3-9,11-13,15,23,26,38,41H,10,14H2,1-2H3,(H2,36,42)/t23-,26?/m0/s1. The van der Waals surface area contributed by atoms with Crippen LogP contribution in [-0.4, -0.2) is 32.0 Å². The summed E-state index contributed by atoms with van der Waals surface area (Å²) >= 11 is 0. The molecule has 42 heavy (non-hydrogen) atoms.